The molecule has 104 valence electrons. The number of hydrogen-bond acceptors (Lipinski definition) is 4. The van der Waals surface area contributed by atoms with Crippen molar-refractivity contribution in [3.8, 4) is 0 Å². The van der Waals surface area contributed by atoms with Gasteiger partial charge in [0.15, 0.2) is 0 Å². The Balaban J connectivity index is 1.92. The minimum absolute atomic E-state index is 0.00289. The van der Waals surface area contributed by atoms with Crippen LogP contribution in [0.2, 0.25) is 0 Å². The molecule has 2 N–H and O–H groups in total. The Hall–Kier alpha value is -1.62. The molecule has 0 spiro atoms. The fourth-order valence-corrected chi connectivity index (χ4v) is 1.87. The molecule has 0 atom stereocenters. The van der Waals surface area contributed by atoms with Crippen LogP contribution in [-0.4, -0.2) is 37.1 Å². The van der Waals surface area contributed by atoms with E-state index in [-0.39, 0.29) is 5.91 Å². The van der Waals surface area contributed by atoms with Gasteiger partial charge in [-0.1, -0.05) is 6.07 Å². The fourth-order valence-electron chi connectivity index (χ4n) is 1.87. The van der Waals surface area contributed by atoms with Crippen molar-refractivity contribution in [1.82, 2.24) is 15.6 Å². The first-order valence-electron chi connectivity index (χ1n) is 6.86. The van der Waals surface area contributed by atoms with Gasteiger partial charge < -0.3 is 15.5 Å². The van der Waals surface area contributed by atoms with Crippen LogP contribution in [0.25, 0.3) is 0 Å². The van der Waals surface area contributed by atoms with Gasteiger partial charge in [-0.15, -0.1) is 0 Å². The largest absolute Gasteiger partial charge is 0.358 e. The molecule has 5 nitrogen and oxygen atoms in total. The summed E-state index contributed by atoms with van der Waals surface area (Å²) < 4.78 is 0. The molecule has 1 aromatic heterocycles. The number of amides is 1. The number of aromatic nitrogens is 1. The zero-order chi connectivity index (χ0) is 13.7. The highest BCUT2D eigenvalue weighted by molar-refractivity contribution is 5.80. The van der Waals surface area contributed by atoms with E-state index in [4.69, 9.17) is 0 Å². The number of carbonyl (C=O) groups excluding carboxylic acids is 1. The maximum Gasteiger partial charge on any atom is 0.239 e. The van der Waals surface area contributed by atoms with Crippen LogP contribution in [-0.2, 0) is 11.3 Å². The molecule has 0 bridgehead atoms. The van der Waals surface area contributed by atoms with Gasteiger partial charge in [0.2, 0.25) is 5.91 Å². The normalized spacial score (nSPS) is 14.2. The van der Waals surface area contributed by atoms with E-state index in [1.54, 1.807) is 7.05 Å². The zero-order valence-corrected chi connectivity index (χ0v) is 11.6. The average Bonchev–Trinajstić information content (AvgIpc) is 3.27. The third kappa shape index (κ3) is 4.21. The van der Waals surface area contributed by atoms with Crippen LogP contribution < -0.4 is 15.5 Å². The molecule has 0 aliphatic heterocycles. The summed E-state index contributed by atoms with van der Waals surface area (Å²) in [6.45, 7) is 4.01. The van der Waals surface area contributed by atoms with Crippen LogP contribution in [0.4, 0.5) is 5.82 Å². The summed E-state index contributed by atoms with van der Waals surface area (Å²) in [5, 5.41) is 6.09. The number of nitrogens with one attached hydrogen (secondary N) is 2. The van der Waals surface area contributed by atoms with Crippen LogP contribution in [0.1, 0.15) is 25.3 Å². The van der Waals surface area contributed by atoms with Gasteiger partial charge in [-0.25, -0.2) is 4.98 Å². The zero-order valence-electron chi connectivity index (χ0n) is 11.6. The lowest BCUT2D eigenvalue weighted by molar-refractivity contribution is -0.119. The van der Waals surface area contributed by atoms with E-state index in [1.165, 1.54) is 18.4 Å². The molecule has 1 aliphatic rings. The van der Waals surface area contributed by atoms with E-state index in [0.29, 0.717) is 12.6 Å². The maximum absolute atomic E-state index is 11.4. The maximum atomic E-state index is 11.4. The Morgan fingerprint density at radius 1 is 1.47 bits per heavy atom. The van der Waals surface area contributed by atoms with Gasteiger partial charge in [-0.05, 0) is 31.4 Å². The predicted octanol–water partition coefficient (Wildman–Crippen LogP) is 0.906. The number of anilines is 1. The third-order valence-electron chi connectivity index (χ3n) is 3.30. The van der Waals surface area contributed by atoms with Crippen LogP contribution in [0.5, 0.6) is 0 Å². The monoisotopic (exact) mass is 262 g/mol. The van der Waals surface area contributed by atoms with Gasteiger partial charge in [-0.3, -0.25) is 4.79 Å². The van der Waals surface area contributed by atoms with Gasteiger partial charge in [0, 0.05) is 32.4 Å². The topological polar surface area (TPSA) is 57.3 Å². The number of carbonyl (C=O) groups is 1. The Bertz CT molecular complexity index is 414. The van der Waals surface area contributed by atoms with E-state index in [2.05, 4.69) is 21.7 Å². The second-order valence-electron chi connectivity index (χ2n) is 4.87. The second kappa shape index (κ2) is 6.52. The van der Waals surface area contributed by atoms with Crippen molar-refractivity contribution < 1.29 is 4.79 Å². The Labute approximate surface area is 114 Å². The van der Waals surface area contributed by atoms with Crippen LogP contribution >= 0.6 is 0 Å². The molecule has 19 heavy (non-hydrogen) atoms. The van der Waals surface area contributed by atoms with Crippen molar-refractivity contribution in [2.24, 2.45) is 0 Å². The van der Waals surface area contributed by atoms with E-state index < -0.39 is 0 Å². The summed E-state index contributed by atoms with van der Waals surface area (Å²) in [6.07, 6.45) is 4.47. The van der Waals surface area contributed by atoms with E-state index >= 15 is 0 Å². The number of hydrogen-bond donors (Lipinski definition) is 2. The molecular formula is C14H22N4O. The molecule has 1 aliphatic carbocycles. The highest BCUT2D eigenvalue weighted by Gasteiger charge is 2.20. The standard InChI is InChI=1S/C14H22N4O/c1-3-18(10-14(19)15-2)13-7-4-11(9-17-13)8-16-12-5-6-12/h4,7,9,12,16H,3,5-6,8,10H2,1-2H3,(H,15,19). The van der Waals surface area contributed by atoms with Crippen molar-refractivity contribution >= 4 is 11.7 Å². The first-order chi connectivity index (χ1) is 9.22. The van der Waals surface area contributed by atoms with Crippen molar-refractivity contribution in [2.75, 3.05) is 25.0 Å². The SMILES string of the molecule is CCN(CC(=O)NC)c1ccc(CNC2CC2)cn1. The van der Waals surface area contributed by atoms with Crippen LogP contribution in [0.3, 0.4) is 0 Å². The number of rotatable bonds is 7. The molecule has 1 amide bonds. The molecular weight excluding hydrogens is 240 g/mol. The first kappa shape index (κ1) is 13.8. The minimum Gasteiger partial charge on any atom is -0.358 e. The summed E-state index contributed by atoms with van der Waals surface area (Å²) in [5.74, 6) is 0.851. The quantitative estimate of drug-likeness (QED) is 0.767. The summed E-state index contributed by atoms with van der Waals surface area (Å²) >= 11 is 0. The lowest BCUT2D eigenvalue weighted by Crippen LogP contribution is -2.35. The summed E-state index contributed by atoms with van der Waals surface area (Å²) in [7, 11) is 1.65. The minimum atomic E-state index is 0.00289. The van der Waals surface area contributed by atoms with E-state index in [0.717, 1.165) is 18.9 Å². The molecule has 2 rings (SSSR count). The Morgan fingerprint density at radius 3 is 2.79 bits per heavy atom. The van der Waals surface area contributed by atoms with Crippen LogP contribution in [0.15, 0.2) is 18.3 Å². The number of likely N-dealkylation sites (N-methyl/N-ethyl adjacent to an activating group) is 2. The fraction of sp³-hybridized carbons (Fsp3) is 0.571. The predicted molar refractivity (Wildman–Crippen MR) is 76.1 cm³/mol. The average molecular weight is 262 g/mol. The molecule has 1 saturated carbocycles. The number of pyridine rings is 1. The smallest absolute Gasteiger partial charge is 0.239 e. The number of nitrogens with zero attached hydrogens (tertiary/aromatic N) is 2. The van der Waals surface area contributed by atoms with Gasteiger partial charge >= 0.3 is 0 Å². The highest BCUT2D eigenvalue weighted by atomic mass is 16.1. The Kier molecular flexibility index (Phi) is 4.74. The molecule has 1 aromatic rings. The molecule has 1 fully saturated rings. The van der Waals surface area contributed by atoms with Crippen LogP contribution in [0, 0.1) is 0 Å². The molecule has 5 heteroatoms. The molecule has 0 unspecified atom stereocenters. The van der Waals surface area contributed by atoms with Crippen molar-refractivity contribution in [1.29, 1.82) is 0 Å². The molecule has 0 radical (unpaired) electrons. The second-order valence-corrected chi connectivity index (χ2v) is 4.87. The van der Waals surface area contributed by atoms with Crippen molar-refractivity contribution in [2.45, 2.75) is 32.4 Å². The summed E-state index contributed by atoms with van der Waals surface area (Å²) in [6, 6.07) is 4.76. The van der Waals surface area contributed by atoms with Gasteiger partial charge in [0.25, 0.3) is 0 Å². The highest BCUT2D eigenvalue weighted by Crippen LogP contribution is 2.19. The van der Waals surface area contributed by atoms with Gasteiger partial charge in [0.1, 0.15) is 5.82 Å². The molecule has 0 saturated heterocycles. The Morgan fingerprint density at radius 2 is 2.26 bits per heavy atom. The molecule has 1 heterocycles. The third-order valence-corrected chi connectivity index (χ3v) is 3.30. The van der Waals surface area contributed by atoms with Gasteiger partial charge in [0.05, 0.1) is 6.54 Å². The van der Waals surface area contributed by atoms with Gasteiger partial charge in [-0.2, -0.15) is 0 Å². The van der Waals surface area contributed by atoms with E-state index in [9.17, 15) is 4.79 Å². The lowest BCUT2D eigenvalue weighted by Gasteiger charge is -2.21. The first-order valence-corrected chi connectivity index (χ1v) is 6.86. The molecule has 0 aromatic carbocycles. The lowest BCUT2D eigenvalue weighted by atomic mass is 10.2. The summed E-state index contributed by atoms with van der Waals surface area (Å²) in [5.41, 5.74) is 1.19. The van der Waals surface area contributed by atoms with Crippen molar-refractivity contribution in [3.05, 3.63) is 23.9 Å². The summed E-state index contributed by atoms with van der Waals surface area (Å²) in [4.78, 5) is 17.8. The van der Waals surface area contributed by atoms with E-state index in [1.807, 2.05) is 24.1 Å². The van der Waals surface area contributed by atoms with Crippen molar-refractivity contribution in [3.63, 3.8) is 0 Å².